The Morgan fingerprint density at radius 3 is 2.53 bits per heavy atom. The molecule has 0 atom stereocenters. The fourth-order valence-electron chi connectivity index (χ4n) is 3.17. The standard InChI is InChI=1S/C24H18N2O6/c1-30-20-10-5-3-8-16(20)23(28)26-22(27)14-32-24(29)17-13-19(21-11-6-12-31-21)25-18-9-4-2-7-15(17)18/h2-13H,14H2,1H3,(H,26,27,28). The number of rotatable bonds is 6. The van der Waals surface area contributed by atoms with Crippen molar-refractivity contribution in [3.8, 4) is 17.2 Å². The van der Waals surface area contributed by atoms with E-state index in [9.17, 15) is 14.4 Å². The molecule has 0 aliphatic rings. The Labute approximate surface area is 182 Å². The van der Waals surface area contributed by atoms with Crippen molar-refractivity contribution in [2.75, 3.05) is 13.7 Å². The van der Waals surface area contributed by atoms with E-state index in [1.165, 1.54) is 19.4 Å². The monoisotopic (exact) mass is 430 g/mol. The molecule has 0 saturated heterocycles. The number of para-hydroxylation sites is 2. The van der Waals surface area contributed by atoms with Crippen molar-refractivity contribution in [3.63, 3.8) is 0 Å². The van der Waals surface area contributed by atoms with Crippen LogP contribution in [0, 0.1) is 0 Å². The number of hydrogen-bond donors (Lipinski definition) is 1. The lowest BCUT2D eigenvalue weighted by atomic mass is 10.1. The fourth-order valence-corrected chi connectivity index (χ4v) is 3.17. The molecule has 4 rings (SSSR count). The Morgan fingerprint density at radius 2 is 1.75 bits per heavy atom. The summed E-state index contributed by atoms with van der Waals surface area (Å²) < 4.78 is 15.7. The van der Waals surface area contributed by atoms with E-state index in [0.29, 0.717) is 28.1 Å². The highest BCUT2D eigenvalue weighted by Gasteiger charge is 2.19. The van der Waals surface area contributed by atoms with E-state index < -0.39 is 24.4 Å². The van der Waals surface area contributed by atoms with E-state index in [4.69, 9.17) is 13.9 Å². The van der Waals surface area contributed by atoms with Gasteiger partial charge in [-0.3, -0.25) is 14.9 Å². The summed E-state index contributed by atoms with van der Waals surface area (Å²) in [7, 11) is 1.42. The Bertz CT molecular complexity index is 1300. The Morgan fingerprint density at radius 1 is 0.969 bits per heavy atom. The van der Waals surface area contributed by atoms with E-state index in [0.717, 1.165) is 0 Å². The third-order valence-electron chi connectivity index (χ3n) is 4.65. The average molecular weight is 430 g/mol. The highest BCUT2D eigenvalue weighted by atomic mass is 16.5. The molecule has 2 heterocycles. The van der Waals surface area contributed by atoms with Gasteiger partial charge in [-0.1, -0.05) is 30.3 Å². The van der Waals surface area contributed by atoms with Gasteiger partial charge in [0.2, 0.25) is 0 Å². The molecule has 2 aromatic carbocycles. The molecule has 0 radical (unpaired) electrons. The number of esters is 1. The summed E-state index contributed by atoms with van der Waals surface area (Å²) in [6.45, 7) is -0.632. The first-order chi connectivity index (χ1) is 15.6. The molecule has 160 valence electrons. The zero-order chi connectivity index (χ0) is 22.5. The molecule has 32 heavy (non-hydrogen) atoms. The Kier molecular flexibility index (Phi) is 5.94. The van der Waals surface area contributed by atoms with Gasteiger partial charge in [-0.2, -0.15) is 0 Å². The number of aromatic nitrogens is 1. The van der Waals surface area contributed by atoms with Gasteiger partial charge >= 0.3 is 5.97 Å². The molecule has 0 saturated carbocycles. The summed E-state index contributed by atoms with van der Waals surface area (Å²) >= 11 is 0. The maximum atomic E-state index is 12.8. The normalized spacial score (nSPS) is 10.5. The van der Waals surface area contributed by atoms with Crippen molar-refractivity contribution in [2.24, 2.45) is 0 Å². The van der Waals surface area contributed by atoms with Gasteiger partial charge in [0.25, 0.3) is 11.8 Å². The number of fused-ring (bicyclic) bond motifs is 1. The maximum absolute atomic E-state index is 12.8. The minimum absolute atomic E-state index is 0.192. The number of ether oxygens (including phenoxy) is 2. The van der Waals surface area contributed by atoms with Crippen LogP contribution in [0.2, 0.25) is 0 Å². The molecule has 2 amide bonds. The van der Waals surface area contributed by atoms with Crippen molar-refractivity contribution in [3.05, 3.63) is 84.1 Å². The lowest BCUT2D eigenvalue weighted by molar-refractivity contribution is -0.123. The summed E-state index contributed by atoms with van der Waals surface area (Å²) in [6, 6.07) is 18.5. The fraction of sp³-hybridized carbons (Fsp3) is 0.0833. The van der Waals surface area contributed by atoms with Crippen LogP contribution in [0.4, 0.5) is 0 Å². The van der Waals surface area contributed by atoms with Crippen LogP contribution in [-0.2, 0) is 9.53 Å². The van der Waals surface area contributed by atoms with Crippen molar-refractivity contribution in [1.82, 2.24) is 10.3 Å². The summed E-state index contributed by atoms with van der Waals surface area (Å²) in [5, 5.41) is 2.75. The van der Waals surface area contributed by atoms with Crippen molar-refractivity contribution in [1.29, 1.82) is 0 Å². The largest absolute Gasteiger partial charge is 0.496 e. The number of amides is 2. The van der Waals surface area contributed by atoms with Crippen molar-refractivity contribution in [2.45, 2.75) is 0 Å². The van der Waals surface area contributed by atoms with E-state index >= 15 is 0 Å². The van der Waals surface area contributed by atoms with E-state index in [1.807, 2.05) is 0 Å². The molecule has 0 spiro atoms. The van der Waals surface area contributed by atoms with Crippen LogP contribution in [0.3, 0.4) is 0 Å². The number of hydrogen-bond acceptors (Lipinski definition) is 7. The van der Waals surface area contributed by atoms with Gasteiger partial charge in [0.1, 0.15) is 11.4 Å². The predicted molar refractivity (Wildman–Crippen MR) is 115 cm³/mol. The lowest BCUT2D eigenvalue weighted by Crippen LogP contribution is -2.34. The molecule has 0 bridgehead atoms. The van der Waals surface area contributed by atoms with Crippen LogP contribution >= 0.6 is 0 Å². The summed E-state index contributed by atoms with van der Waals surface area (Å²) in [5.74, 6) is -1.33. The smallest absolute Gasteiger partial charge is 0.339 e. The molecule has 0 fully saturated rings. The molecule has 8 nitrogen and oxygen atoms in total. The first kappa shape index (κ1) is 20.8. The van der Waals surface area contributed by atoms with Crippen molar-refractivity contribution >= 4 is 28.7 Å². The minimum Gasteiger partial charge on any atom is -0.496 e. The molecular weight excluding hydrogens is 412 g/mol. The Balaban J connectivity index is 1.49. The summed E-state index contributed by atoms with van der Waals surface area (Å²) in [4.78, 5) is 41.8. The lowest BCUT2D eigenvalue weighted by Gasteiger charge is -2.10. The highest BCUT2D eigenvalue weighted by Crippen LogP contribution is 2.25. The second-order valence-electron chi connectivity index (χ2n) is 6.70. The quantitative estimate of drug-likeness (QED) is 0.466. The van der Waals surface area contributed by atoms with Crippen LogP contribution in [0.5, 0.6) is 5.75 Å². The Hall–Kier alpha value is -4.46. The van der Waals surface area contributed by atoms with Gasteiger partial charge in [0.05, 0.1) is 30.0 Å². The summed E-state index contributed by atoms with van der Waals surface area (Å²) in [5.41, 5.74) is 1.45. The van der Waals surface area contributed by atoms with Crippen LogP contribution in [0.25, 0.3) is 22.4 Å². The molecular formula is C24H18N2O6. The number of furan rings is 1. The van der Waals surface area contributed by atoms with E-state index in [2.05, 4.69) is 10.3 Å². The maximum Gasteiger partial charge on any atom is 0.339 e. The van der Waals surface area contributed by atoms with Crippen LogP contribution in [0.1, 0.15) is 20.7 Å². The molecule has 4 aromatic rings. The number of carbonyl (C=O) groups excluding carboxylic acids is 3. The van der Waals surface area contributed by atoms with Crippen molar-refractivity contribution < 1.29 is 28.3 Å². The van der Waals surface area contributed by atoms with Gasteiger partial charge in [-0.25, -0.2) is 9.78 Å². The molecule has 0 aliphatic heterocycles. The van der Waals surface area contributed by atoms with Crippen LogP contribution < -0.4 is 10.1 Å². The second-order valence-corrected chi connectivity index (χ2v) is 6.70. The average Bonchev–Trinajstić information content (AvgIpc) is 3.37. The number of nitrogens with one attached hydrogen (secondary N) is 1. The zero-order valence-corrected chi connectivity index (χ0v) is 17.0. The molecule has 1 N–H and O–H groups in total. The number of carbonyl (C=O) groups is 3. The molecule has 8 heteroatoms. The SMILES string of the molecule is COc1ccccc1C(=O)NC(=O)COC(=O)c1cc(-c2ccco2)nc2ccccc12. The molecule has 2 aromatic heterocycles. The number of methoxy groups -OCH3 is 1. The summed E-state index contributed by atoms with van der Waals surface area (Å²) in [6.07, 6.45) is 1.51. The second kappa shape index (κ2) is 9.13. The van der Waals surface area contributed by atoms with E-state index in [1.54, 1.807) is 60.7 Å². The third kappa shape index (κ3) is 4.34. The first-order valence-electron chi connectivity index (χ1n) is 9.65. The number of pyridine rings is 1. The number of imide groups is 1. The third-order valence-corrected chi connectivity index (χ3v) is 4.65. The minimum atomic E-state index is -0.765. The van der Waals surface area contributed by atoms with Gasteiger partial charge in [0.15, 0.2) is 12.4 Å². The van der Waals surface area contributed by atoms with Crippen LogP contribution in [-0.4, -0.2) is 36.5 Å². The molecule has 0 aliphatic carbocycles. The first-order valence-corrected chi connectivity index (χ1v) is 9.65. The van der Waals surface area contributed by atoms with Gasteiger partial charge in [-0.15, -0.1) is 0 Å². The van der Waals surface area contributed by atoms with Gasteiger partial charge in [-0.05, 0) is 36.4 Å². The van der Waals surface area contributed by atoms with Crippen LogP contribution in [0.15, 0.2) is 77.4 Å². The van der Waals surface area contributed by atoms with E-state index in [-0.39, 0.29) is 11.1 Å². The highest BCUT2D eigenvalue weighted by molar-refractivity contribution is 6.08. The molecule has 0 unspecified atom stereocenters. The zero-order valence-electron chi connectivity index (χ0n) is 17.0. The predicted octanol–water partition coefficient (Wildman–Crippen LogP) is 3.62. The number of nitrogens with zero attached hydrogens (tertiary/aromatic N) is 1. The van der Waals surface area contributed by atoms with Gasteiger partial charge < -0.3 is 13.9 Å². The van der Waals surface area contributed by atoms with Gasteiger partial charge in [0, 0.05) is 5.39 Å². The number of benzene rings is 2. The topological polar surface area (TPSA) is 108 Å².